The molecule has 0 atom stereocenters. The third-order valence-corrected chi connectivity index (χ3v) is 12.3. The summed E-state index contributed by atoms with van der Waals surface area (Å²) in [6.45, 7) is 0. The second kappa shape index (κ2) is 12.6. The summed E-state index contributed by atoms with van der Waals surface area (Å²) in [6, 6.07) is 63.8. The third-order valence-electron chi connectivity index (χ3n) is 11.1. The lowest BCUT2D eigenvalue weighted by molar-refractivity contribution is 0.669. The van der Waals surface area contributed by atoms with Crippen LogP contribution in [0.1, 0.15) is 0 Å². The lowest BCUT2D eigenvalue weighted by atomic mass is 10.00. The molecule has 5 nitrogen and oxygen atoms in total. The van der Waals surface area contributed by atoms with E-state index in [1.807, 2.05) is 78.1 Å². The van der Waals surface area contributed by atoms with Crippen molar-refractivity contribution < 1.29 is 4.42 Å². The van der Waals surface area contributed by atoms with Gasteiger partial charge in [0.05, 0.1) is 22.3 Å². The van der Waals surface area contributed by atoms with Gasteiger partial charge in [-0.3, -0.25) is 0 Å². The van der Waals surface area contributed by atoms with E-state index in [1.165, 1.54) is 53.2 Å². The van der Waals surface area contributed by atoms with Gasteiger partial charge < -0.3 is 8.98 Å². The Labute approximate surface area is 330 Å². The number of hydrogen-bond donors (Lipinski definition) is 0. The zero-order valence-corrected chi connectivity index (χ0v) is 31.2. The Morgan fingerprint density at radius 3 is 1.70 bits per heavy atom. The van der Waals surface area contributed by atoms with E-state index in [2.05, 4.69) is 120 Å². The molecule has 8 aromatic carbocycles. The molecule has 0 amide bonds. The number of nitrogens with zero attached hydrogens (tertiary/aromatic N) is 4. The average Bonchev–Trinajstić information content (AvgIpc) is 3.96. The highest BCUT2D eigenvalue weighted by Crippen LogP contribution is 2.45. The van der Waals surface area contributed by atoms with Gasteiger partial charge in [0.1, 0.15) is 11.2 Å². The van der Waals surface area contributed by atoms with Crippen LogP contribution < -0.4 is 0 Å². The lowest BCUT2D eigenvalue weighted by Gasteiger charge is -2.10. The fraction of sp³-hybridized carbons (Fsp3) is 0. The minimum Gasteiger partial charge on any atom is -0.455 e. The predicted molar refractivity (Wildman–Crippen MR) is 236 cm³/mol. The maximum atomic E-state index is 6.68. The van der Waals surface area contributed by atoms with Gasteiger partial charge in [0.25, 0.3) is 0 Å². The fourth-order valence-corrected chi connectivity index (χ4v) is 9.75. The molecule has 266 valence electrons. The van der Waals surface area contributed by atoms with Gasteiger partial charge in [0, 0.05) is 52.8 Å². The molecular weight excluding hydrogens is 717 g/mol. The lowest BCUT2D eigenvalue weighted by Crippen LogP contribution is -2.00. The van der Waals surface area contributed by atoms with Crippen LogP contribution in [-0.4, -0.2) is 19.5 Å². The largest absolute Gasteiger partial charge is 0.455 e. The minimum atomic E-state index is 0.571. The summed E-state index contributed by atoms with van der Waals surface area (Å²) in [4.78, 5) is 14.9. The van der Waals surface area contributed by atoms with Crippen LogP contribution in [0, 0.1) is 0 Å². The molecule has 57 heavy (non-hydrogen) atoms. The van der Waals surface area contributed by atoms with E-state index in [1.54, 1.807) is 0 Å². The van der Waals surface area contributed by atoms with Gasteiger partial charge in [-0.05, 0) is 53.6 Å². The summed E-state index contributed by atoms with van der Waals surface area (Å²) in [5.74, 6) is 1.81. The monoisotopic (exact) mass is 746 g/mol. The number of thiophene rings is 1. The first-order valence-corrected chi connectivity index (χ1v) is 19.8. The van der Waals surface area contributed by atoms with E-state index in [4.69, 9.17) is 19.4 Å². The summed E-state index contributed by atoms with van der Waals surface area (Å²) in [5.41, 5.74) is 10.2. The van der Waals surface area contributed by atoms with Crippen LogP contribution in [0.3, 0.4) is 0 Å². The van der Waals surface area contributed by atoms with Crippen molar-refractivity contribution in [1.29, 1.82) is 0 Å². The standard InChI is InChI=1S/C51H30N4OS/c1-3-14-31(15-4-1)49-52-50(32-16-5-2-6-17-32)54-51(53-49)39-23-12-21-37-40-30-33(28-29-44(40)56-47(37)39)34-20-11-22-38-46-43(26-13-27-45(46)57-48(34)38)55-41-24-9-7-18-35(41)36-19-8-10-25-42(36)55/h1-30H. The van der Waals surface area contributed by atoms with Crippen LogP contribution in [0.2, 0.25) is 0 Å². The molecule has 0 aliphatic carbocycles. The zero-order chi connectivity index (χ0) is 37.5. The Hall–Kier alpha value is -7.41. The number of fused-ring (bicyclic) bond motifs is 9. The summed E-state index contributed by atoms with van der Waals surface area (Å²) >= 11 is 1.86. The zero-order valence-electron chi connectivity index (χ0n) is 30.4. The van der Waals surface area contributed by atoms with Crippen LogP contribution in [0.4, 0.5) is 0 Å². The van der Waals surface area contributed by atoms with E-state index in [-0.39, 0.29) is 0 Å². The number of rotatable bonds is 5. The Kier molecular flexibility index (Phi) is 7.03. The molecule has 12 aromatic rings. The summed E-state index contributed by atoms with van der Waals surface area (Å²) in [7, 11) is 0. The van der Waals surface area contributed by atoms with Gasteiger partial charge in [-0.2, -0.15) is 0 Å². The Balaban J connectivity index is 1.03. The average molecular weight is 747 g/mol. The molecule has 0 fully saturated rings. The van der Waals surface area contributed by atoms with Gasteiger partial charge in [0.2, 0.25) is 0 Å². The van der Waals surface area contributed by atoms with E-state index in [9.17, 15) is 0 Å². The molecule has 0 spiro atoms. The molecule has 0 radical (unpaired) electrons. The van der Waals surface area contributed by atoms with Gasteiger partial charge in [-0.15, -0.1) is 11.3 Å². The molecular formula is C51H30N4OS. The summed E-state index contributed by atoms with van der Waals surface area (Å²) < 4.78 is 11.6. The van der Waals surface area contributed by atoms with Gasteiger partial charge in [0.15, 0.2) is 17.5 Å². The molecule has 0 aliphatic rings. The SMILES string of the molecule is c1ccc(-c2nc(-c3ccccc3)nc(-c3cccc4c3oc3ccc(-c5cccc6c5sc5cccc(-n7c8ccccc8c8ccccc87)c56)cc34)n2)cc1. The quantitative estimate of drug-likeness (QED) is 0.176. The van der Waals surface area contributed by atoms with Gasteiger partial charge >= 0.3 is 0 Å². The molecule has 4 aromatic heterocycles. The number of benzene rings is 8. The van der Waals surface area contributed by atoms with Crippen molar-refractivity contribution in [3.8, 4) is 51.0 Å². The van der Waals surface area contributed by atoms with Crippen LogP contribution in [-0.2, 0) is 0 Å². The van der Waals surface area contributed by atoms with E-state index >= 15 is 0 Å². The number of hydrogen-bond acceptors (Lipinski definition) is 5. The van der Waals surface area contributed by atoms with Crippen LogP contribution in [0.25, 0.3) is 115 Å². The van der Waals surface area contributed by atoms with E-state index < -0.39 is 0 Å². The maximum Gasteiger partial charge on any atom is 0.167 e. The highest BCUT2D eigenvalue weighted by molar-refractivity contribution is 7.26. The summed E-state index contributed by atoms with van der Waals surface area (Å²) in [5, 5.41) is 7.12. The maximum absolute atomic E-state index is 6.68. The van der Waals surface area contributed by atoms with Gasteiger partial charge in [-0.25, -0.2) is 15.0 Å². The Morgan fingerprint density at radius 2 is 1.00 bits per heavy atom. The Bertz CT molecular complexity index is 3420. The van der Waals surface area contributed by atoms with Crippen molar-refractivity contribution >= 4 is 75.3 Å². The van der Waals surface area contributed by atoms with Crippen LogP contribution in [0.15, 0.2) is 186 Å². The predicted octanol–water partition coefficient (Wildman–Crippen LogP) is 13.9. The second-order valence-corrected chi connectivity index (χ2v) is 15.4. The van der Waals surface area contributed by atoms with Crippen molar-refractivity contribution in [2.75, 3.05) is 0 Å². The molecule has 6 heteroatoms. The Morgan fingerprint density at radius 1 is 0.421 bits per heavy atom. The number of furan rings is 1. The smallest absolute Gasteiger partial charge is 0.167 e. The first-order chi connectivity index (χ1) is 28.3. The highest BCUT2D eigenvalue weighted by Gasteiger charge is 2.21. The normalized spacial score (nSPS) is 11.9. The summed E-state index contributed by atoms with van der Waals surface area (Å²) in [6.07, 6.45) is 0. The number of aromatic nitrogens is 4. The second-order valence-electron chi connectivity index (χ2n) is 14.3. The van der Waals surface area contributed by atoms with Crippen molar-refractivity contribution in [1.82, 2.24) is 19.5 Å². The molecule has 12 rings (SSSR count). The number of para-hydroxylation sites is 3. The molecule has 0 saturated carbocycles. The molecule has 4 heterocycles. The van der Waals surface area contributed by atoms with Crippen molar-refractivity contribution in [2.45, 2.75) is 0 Å². The topological polar surface area (TPSA) is 56.7 Å². The van der Waals surface area contributed by atoms with Crippen molar-refractivity contribution in [3.63, 3.8) is 0 Å². The van der Waals surface area contributed by atoms with Crippen LogP contribution >= 0.6 is 11.3 Å². The van der Waals surface area contributed by atoms with Crippen LogP contribution in [0.5, 0.6) is 0 Å². The minimum absolute atomic E-state index is 0.571. The van der Waals surface area contributed by atoms with E-state index in [0.717, 1.165) is 44.2 Å². The molecule has 0 unspecified atom stereocenters. The van der Waals surface area contributed by atoms with E-state index in [0.29, 0.717) is 17.5 Å². The fourth-order valence-electron chi connectivity index (χ4n) is 8.50. The first kappa shape index (κ1) is 31.9. The highest BCUT2D eigenvalue weighted by atomic mass is 32.1. The molecule has 0 N–H and O–H groups in total. The molecule has 0 saturated heterocycles. The van der Waals surface area contributed by atoms with Crippen molar-refractivity contribution in [3.05, 3.63) is 182 Å². The van der Waals surface area contributed by atoms with Crippen molar-refractivity contribution in [2.24, 2.45) is 0 Å². The third kappa shape index (κ3) is 4.98. The molecule has 0 bridgehead atoms. The first-order valence-electron chi connectivity index (χ1n) is 19.0. The molecule has 0 aliphatic heterocycles. The van der Waals surface area contributed by atoms with Gasteiger partial charge in [-0.1, -0.05) is 140 Å².